The second-order valence-corrected chi connectivity index (χ2v) is 4.95. The Morgan fingerprint density at radius 2 is 1.74 bits per heavy atom. The molecule has 8 nitrogen and oxygen atoms in total. The van der Waals surface area contributed by atoms with Gasteiger partial charge in [0.15, 0.2) is 5.71 Å². The Hall–Kier alpha value is -3.29. The molecule has 2 atom stereocenters. The van der Waals surface area contributed by atoms with E-state index in [0.717, 1.165) is 0 Å². The van der Waals surface area contributed by atoms with E-state index in [4.69, 9.17) is 4.84 Å². The maximum absolute atomic E-state index is 11.5. The number of hydrogen-bond donors (Lipinski definition) is 0. The van der Waals surface area contributed by atoms with Crippen LogP contribution in [0.5, 0.6) is 0 Å². The second kappa shape index (κ2) is 5.84. The van der Waals surface area contributed by atoms with Crippen LogP contribution >= 0.6 is 0 Å². The summed E-state index contributed by atoms with van der Waals surface area (Å²) >= 11 is 0. The summed E-state index contributed by atoms with van der Waals surface area (Å²) in [5.41, 5.74) is 0.978. The molecule has 1 aliphatic heterocycles. The van der Waals surface area contributed by atoms with Gasteiger partial charge in [0.2, 0.25) is 6.10 Å². The van der Waals surface area contributed by atoms with Gasteiger partial charge in [0.1, 0.15) is 0 Å². The van der Waals surface area contributed by atoms with E-state index in [0.29, 0.717) is 11.1 Å². The summed E-state index contributed by atoms with van der Waals surface area (Å²) in [5.74, 6) is 0. The Bertz CT molecular complexity index is 791. The molecule has 2 aromatic carbocycles. The third-order valence-electron chi connectivity index (χ3n) is 3.54. The maximum Gasteiger partial charge on any atom is 0.301 e. The van der Waals surface area contributed by atoms with Crippen molar-refractivity contribution in [2.75, 3.05) is 0 Å². The Labute approximate surface area is 130 Å². The molecular weight excluding hydrogens is 302 g/mol. The minimum absolute atomic E-state index is 0.152. The molecular formula is C15H11N3O5. The summed E-state index contributed by atoms with van der Waals surface area (Å²) in [6.07, 6.45) is -1.000. The van der Waals surface area contributed by atoms with Gasteiger partial charge in [0, 0.05) is 28.2 Å². The highest BCUT2D eigenvalue weighted by atomic mass is 16.7. The average molecular weight is 313 g/mol. The van der Waals surface area contributed by atoms with Gasteiger partial charge < -0.3 is 4.84 Å². The van der Waals surface area contributed by atoms with Crippen molar-refractivity contribution in [3.8, 4) is 0 Å². The number of hydrogen-bond acceptors (Lipinski definition) is 6. The monoisotopic (exact) mass is 313 g/mol. The van der Waals surface area contributed by atoms with Gasteiger partial charge in [-0.05, 0) is 0 Å². The third kappa shape index (κ3) is 2.73. The topological polar surface area (TPSA) is 108 Å². The molecule has 0 aliphatic carbocycles. The first-order chi connectivity index (χ1) is 11.1. The number of nitrogens with zero attached hydrogens (tertiary/aromatic N) is 3. The van der Waals surface area contributed by atoms with Crippen molar-refractivity contribution in [3.05, 3.63) is 86.0 Å². The van der Waals surface area contributed by atoms with Gasteiger partial charge in [-0.15, -0.1) is 0 Å². The number of non-ortho nitro benzene ring substituents is 1. The lowest BCUT2D eigenvalue weighted by atomic mass is 9.95. The Balaban J connectivity index is 1.98. The zero-order valence-corrected chi connectivity index (χ0v) is 11.7. The SMILES string of the molecule is O=[N+]([O-])c1cccc(C2ON=C(c3ccccc3)C2[N+](=O)[O-])c1. The summed E-state index contributed by atoms with van der Waals surface area (Å²) < 4.78 is 0. The van der Waals surface area contributed by atoms with E-state index in [9.17, 15) is 20.2 Å². The molecule has 1 aliphatic rings. The molecule has 0 amide bonds. The molecule has 2 unspecified atom stereocenters. The maximum atomic E-state index is 11.5. The molecule has 0 radical (unpaired) electrons. The molecule has 0 aromatic heterocycles. The van der Waals surface area contributed by atoms with Crippen molar-refractivity contribution >= 4 is 11.4 Å². The van der Waals surface area contributed by atoms with Gasteiger partial charge in [-0.1, -0.05) is 47.6 Å². The van der Waals surface area contributed by atoms with E-state index >= 15 is 0 Å². The molecule has 0 bridgehead atoms. The van der Waals surface area contributed by atoms with E-state index in [-0.39, 0.29) is 11.4 Å². The normalized spacial score (nSPS) is 19.7. The Morgan fingerprint density at radius 3 is 2.39 bits per heavy atom. The smallest absolute Gasteiger partial charge is 0.301 e. The van der Waals surface area contributed by atoms with Gasteiger partial charge in [-0.25, -0.2) is 0 Å². The Kier molecular flexibility index (Phi) is 3.71. The van der Waals surface area contributed by atoms with Crippen LogP contribution in [0.25, 0.3) is 0 Å². The number of nitro benzene ring substituents is 1. The lowest BCUT2D eigenvalue weighted by molar-refractivity contribution is -0.512. The van der Waals surface area contributed by atoms with Crippen LogP contribution in [-0.2, 0) is 4.84 Å². The first-order valence-corrected chi connectivity index (χ1v) is 6.75. The molecule has 8 heteroatoms. The fraction of sp³-hybridized carbons (Fsp3) is 0.133. The third-order valence-corrected chi connectivity index (χ3v) is 3.54. The van der Waals surface area contributed by atoms with E-state index in [1.807, 2.05) is 0 Å². The van der Waals surface area contributed by atoms with Gasteiger partial charge in [0.05, 0.1) is 4.92 Å². The summed E-state index contributed by atoms with van der Waals surface area (Å²) in [7, 11) is 0. The van der Waals surface area contributed by atoms with E-state index in [1.165, 1.54) is 18.2 Å². The van der Waals surface area contributed by atoms with Gasteiger partial charge in [-0.2, -0.15) is 0 Å². The molecule has 23 heavy (non-hydrogen) atoms. The van der Waals surface area contributed by atoms with Crippen LogP contribution < -0.4 is 0 Å². The summed E-state index contributed by atoms with van der Waals surface area (Å²) in [5, 5.41) is 26.2. The quantitative estimate of drug-likeness (QED) is 0.637. The minimum atomic E-state index is -1.22. The predicted molar refractivity (Wildman–Crippen MR) is 80.7 cm³/mol. The van der Waals surface area contributed by atoms with Gasteiger partial charge >= 0.3 is 6.04 Å². The van der Waals surface area contributed by atoms with E-state index < -0.39 is 22.0 Å². The van der Waals surface area contributed by atoms with Crippen molar-refractivity contribution in [1.82, 2.24) is 0 Å². The fourth-order valence-electron chi connectivity index (χ4n) is 2.47. The molecule has 0 saturated heterocycles. The first kappa shape index (κ1) is 14.6. The fourth-order valence-corrected chi connectivity index (χ4v) is 2.47. The van der Waals surface area contributed by atoms with Crippen LogP contribution in [-0.4, -0.2) is 21.6 Å². The zero-order chi connectivity index (χ0) is 16.4. The van der Waals surface area contributed by atoms with Crippen molar-refractivity contribution in [1.29, 1.82) is 0 Å². The lowest BCUT2D eigenvalue weighted by Gasteiger charge is -2.12. The predicted octanol–water partition coefficient (Wildman–Crippen LogP) is 2.72. The van der Waals surface area contributed by atoms with Gasteiger partial charge in [-0.3, -0.25) is 20.2 Å². The molecule has 1 heterocycles. The average Bonchev–Trinajstić information content (AvgIpc) is 3.01. The minimum Gasteiger partial charge on any atom is -0.379 e. The number of nitro groups is 2. The van der Waals surface area contributed by atoms with E-state index in [1.54, 1.807) is 36.4 Å². The molecule has 0 saturated carbocycles. The lowest BCUT2D eigenvalue weighted by Crippen LogP contribution is -2.32. The Morgan fingerprint density at radius 1 is 1.00 bits per heavy atom. The molecule has 0 spiro atoms. The van der Waals surface area contributed by atoms with Crippen LogP contribution in [0, 0.1) is 20.2 Å². The largest absolute Gasteiger partial charge is 0.379 e. The summed E-state index contributed by atoms with van der Waals surface area (Å²) in [4.78, 5) is 26.6. The van der Waals surface area contributed by atoms with Crippen LogP contribution in [0.1, 0.15) is 17.2 Å². The van der Waals surface area contributed by atoms with Crippen LogP contribution in [0.2, 0.25) is 0 Å². The highest BCUT2D eigenvalue weighted by Crippen LogP contribution is 2.33. The number of rotatable bonds is 4. The molecule has 2 aromatic rings. The van der Waals surface area contributed by atoms with E-state index in [2.05, 4.69) is 5.16 Å². The van der Waals surface area contributed by atoms with Crippen molar-refractivity contribution in [3.63, 3.8) is 0 Å². The van der Waals surface area contributed by atoms with Gasteiger partial charge in [0.25, 0.3) is 5.69 Å². The highest BCUT2D eigenvalue weighted by Gasteiger charge is 2.45. The molecule has 0 fully saturated rings. The molecule has 0 N–H and O–H groups in total. The van der Waals surface area contributed by atoms with Crippen LogP contribution in [0.15, 0.2) is 59.8 Å². The summed E-state index contributed by atoms with van der Waals surface area (Å²) in [6, 6.07) is 13.1. The number of oxime groups is 1. The van der Waals surface area contributed by atoms with Crippen molar-refractivity contribution < 1.29 is 14.7 Å². The van der Waals surface area contributed by atoms with Crippen LogP contribution in [0.3, 0.4) is 0 Å². The van der Waals surface area contributed by atoms with Crippen molar-refractivity contribution in [2.45, 2.75) is 12.1 Å². The summed E-state index contributed by atoms with van der Waals surface area (Å²) in [6.45, 7) is 0. The molecule has 116 valence electrons. The standard InChI is InChI=1S/C15H11N3O5/c19-17(20)12-8-4-7-11(9-12)15-14(18(21)22)13(16-23-15)10-5-2-1-3-6-10/h1-9,14-15H. The number of benzene rings is 2. The van der Waals surface area contributed by atoms with Crippen molar-refractivity contribution in [2.24, 2.45) is 5.16 Å². The second-order valence-electron chi connectivity index (χ2n) is 4.95. The molecule has 3 rings (SSSR count). The highest BCUT2D eigenvalue weighted by molar-refractivity contribution is 6.04. The first-order valence-electron chi connectivity index (χ1n) is 6.75. The van der Waals surface area contributed by atoms with Crippen LogP contribution in [0.4, 0.5) is 5.69 Å². The zero-order valence-electron chi connectivity index (χ0n) is 11.7.